The lowest BCUT2D eigenvalue weighted by Crippen LogP contribution is -2.41. The maximum absolute atomic E-state index is 12.8. The molecule has 0 aliphatic rings. The normalized spacial score (nSPS) is 11.8. The zero-order valence-corrected chi connectivity index (χ0v) is 14.5. The van der Waals surface area contributed by atoms with Crippen LogP contribution in [0.2, 0.25) is 0 Å². The Morgan fingerprint density at radius 2 is 1.91 bits per heavy atom. The van der Waals surface area contributed by atoms with E-state index in [1.807, 2.05) is 12.1 Å². The second-order valence-corrected chi connectivity index (χ2v) is 6.15. The van der Waals surface area contributed by atoms with E-state index in [9.17, 15) is 4.39 Å². The van der Waals surface area contributed by atoms with Crippen LogP contribution in [-0.2, 0) is 0 Å². The fourth-order valence-corrected chi connectivity index (χ4v) is 2.60. The van der Waals surface area contributed by atoms with Crippen LogP contribution in [0.15, 0.2) is 34.2 Å². The molecule has 1 rings (SSSR count). The lowest BCUT2D eigenvalue weighted by molar-refractivity contribution is 0.357. The van der Waals surface area contributed by atoms with Crippen molar-refractivity contribution in [2.24, 2.45) is 4.99 Å². The topological polar surface area (TPSA) is 39.7 Å². The van der Waals surface area contributed by atoms with Gasteiger partial charge in [0.15, 0.2) is 5.96 Å². The molecule has 124 valence electrons. The van der Waals surface area contributed by atoms with E-state index in [1.165, 1.54) is 12.1 Å². The fraction of sp³-hybridized carbons (Fsp3) is 0.562. The second-order valence-electron chi connectivity index (χ2n) is 4.98. The van der Waals surface area contributed by atoms with Gasteiger partial charge in [-0.05, 0) is 50.0 Å². The van der Waals surface area contributed by atoms with Gasteiger partial charge in [0.1, 0.15) is 5.82 Å². The molecule has 0 amide bonds. The van der Waals surface area contributed by atoms with Gasteiger partial charge in [0, 0.05) is 31.6 Å². The third-order valence-corrected chi connectivity index (χ3v) is 4.34. The largest absolute Gasteiger partial charge is 0.356 e. The predicted octanol–water partition coefficient (Wildman–Crippen LogP) is 2.42. The van der Waals surface area contributed by atoms with Crippen LogP contribution in [0.1, 0.15) is 13.3 Å². The minimum Gasteiger partial charge on any atom is -0.356 e. The summed E-state index contributed by atoms with van der Waals surface area (Å²) in [5.41, 5.74) is 0. The summed E-state index contributed by atoms with van der Waals surface area (Å²) in [4.78, 5) is 7.56. The molecule has 0 atom stereocenters. The summed E-state index contributed by atoms with van der Waals surface area (Å²) in [6, 6.07) is 6.63. The zero-order valence-electron chi connectivity index (χ0n) is 13.7. The molecule has 0 aliphatic carbocycles. The average molecular weight is 326 g/mol. The first-order valence-corrected chi connectivity index (χ1v) is 8.65. The van der Waals surface area contributed by atoms with Crippen molar-refractivity contribution in [3.05, 3.63) is 30.1 Å². The van der Waals surface area contributed by atoms with Crippen LogP contribution in [0.4, 0.5) is 4.39 Å². The van der Waals surface area contributed by atoms with E-state index in [0.717, 1.165) is 49.2 Å². The Balaban J connectivity index is 2.10. The number of rotatable bonds is 9. The zero-order chi connectivity index (χ0) is 16.2. The van der Waals surface area contributed by atoms with Gasteiger partial charge in [-0.3, -0.25) is 4.99 Å². The number of benzene rings is 1. The first-order chi connectivity index (χ1) is 10.7. The molecule has 0 aromatic heterocycles. The number of thioether (sulfide) groups is 1. The molecule has 4 nitrogen and oxygen atoms in total. The average Bonchev–Trinajstić information content (AvgIpc) is 2.54. The lowest BCUT2D eigenvalue weighted by Gasteiger charge is -2.16. The first-order valence-electron chi connectivity index (χ1n) is 7.67. The Morgan fingerprint density at radius 3 is 2.55 bits per heavy atom. The molecule has 22 heavy (non-hydrogen) atoms. The summed E-state index contributed by atoms with van der Waals surface area (Å²) in [5, 5.41) is 6.60. The van der Waals surface area contributed by atoms with Gasteiger partial charge >= 0.3 is 0 Å². The van der Waals surface area contributed by atoms with Crippen molar-refractivity contribution >= 4 is 17.7 Å². The van der Waals surface area contributed by atoms with Crippen molar-refractivity contribution in [1.82, 2.24) is 15.5 Å². The fourth-order valence-electron chi connectivity index (χ4n) is 1.74. The van der Waals surface area contributed by atoms with Crippen LogP contribution >= 0.6 is 11.8 Å². The monoisotopic (exact) mass is 326 g/mol. The Hall–Kier alpha value is -1.27. The van der Waals surface area contributed by atoms with Gasteiger partial charge in [-0.25, -0.2) is 4.39 Å². The minimum absolute atomic E-state index is 0.186. The third kappa shape index (κ3) is 8.24. The molecule has 0 fully saturated rings. The summed E-state index contributed by atoms with van der Waals surface area (Å²) in [6.07, 6.45) is 1.03. The summed E-state index contributed by atoms with van der Waals surface area (Å²) >= 11 is 1.74. The van der Waals surface area contributed by atoms with Crippen LogP contribution in [0, 0.1) is 5.82 Å². The maximum atomic E-state index is 12.8. The standard InChI is InChI=1S/C16H27FN4S/c1-4-21(3)12-11-20-16(18-2)19-10-5-13-22-15-8-6-14(17)7-9-15/h6-9H,4-5,10-13H2,1-3H3,(H2,18,19,20). The van der Waals surface area contributed by atoms with Gasteiger partial charge in [-0.1, -0.05) is 6.92 Å². The molecule has 0 bridgehead atoms. The van der Waals surface area contributed by atoms with E-state index < -0.39 is 0 Å². The van der Waals surface area contributed by atoms with Crippen molar-refractivity contribution in [3.63, 3.8) is 0 Å². The van der Waals surface area contributed by atoms with Crippen LogP contribution in [0.25, 0.3) is 0 Å². The quantitative estimate of drug-likeness (QED) is 0.316. The second kappa shape index (κ2) is 11.3. The summed E-state index contributed by atoms with van der Waals surface area (Å²) in [6.45, 7) is 5.95. The molecular weight excluding hydrogens is 299 g/mol. The van der Waals surface area contributed by atoms with Gasteiger partial charge in [-0.15, -0.1) is 11.8 Å². The van der Waals surface area contributed by atoms with E-state index in [0.29, 0.717) is 0 Å². The number of hydrogen-bond donors (Lipinski definition) is 2. The van der Waals surface area contributed by atoms with E-state index in [1.54, 1.807) is 18.8 Å². The van der Waals surface area contributed by atoms with Gasteiger partial charge in [0.25, 0.3) is 0 Å². The van der Waals surface area contributed by atoms with Gasteiger partial charge in [0.2, 0.25) is 0 Å². The molecule has 1 aromatic rings. The van der Waals surface area contributed by atoms with Crippen molar-refractivity contribution in [3.8, 4) is 0 Å². The third-order valence-electron chi connectivity index (χ3n) is 3.25. The SMILES string of the molecule is CCN(C)CCNC(=NC)NCCCSc1ccc(F)cc1. The summed E-state index contributed by atoms with van der Waals surface area (Å²) in [5.74, 6) is 1.65. The molecule has 1 aromatic carbocycles. The molecule has 0 heterocycles. The van der Waals surface area contributed by atoms with E-state index in [-0.39, 0.29) is 5.82 Å². The Labute approximate surface area is 137 Å². The highest BCUT2D eigenvalue weighted by Gasteiger charge is 1.99. The lowest BCUT2D eigenvalue weighted by atomic mass is 10.4. The molecule has 0 radical (unpaired) electrons. The van der Waals surface area contributed by atoms with Crippen molar-refractivity contribution in [2.45, 2.75) is 18.2 Å². The number of likely N-dealkylation sites (N-methyl/N-ethyl adjacent to an activating group) is 1. The van der Waals surface area contributed by atoms with Gasteiger partial charge in [0.05, 0.1) is 0 Å². The Kier molecular flexibility index (Phi) is 9.66. The summed E-state index contributed by atoms with van der Waals surface area (Å²) < 4.78 is 12.8. The highest BCUT2D eigenvalue weighted by Crippen LogP contribution is 2.18. The number of guanidine groups is 1. The molecule has 6 heteroatoms. The molecule has 2 N–H and O–H groups in total. The molecular formula is C16H27FN4S. The number of nitrogens with zero attached hydrogens (tertiary/aromatic N) is 2. The molecule has 0 spiro atoms. The van der Waals surface area contributed by atoms with Gasteiger partial charge in [-0.2, -0.15) is 0 Å². The highest BCUT2D eigenvalue weighted by molar-refractivity contribution is 7.99. The molecule has 0 saturated carbocycles. The maximum Gasteiger partial charge on any atom is 0.191 e. The van der Waals surface area contributed by atoms with Crippen molar-refractivity contribution < 1.29 is 4.39 Å². The Bertz CT molecular complexity index is 436. The van der Waals surface area contributed by atoms with Crippen LogP contribution in [-0.4, -0.2) is 56.9 Å². The van der Waals surface area contributed by atoms with E-state index >= 15 is 0 Å². The molecule has 0 saturated heterocycles. The van der Waals surface area contributed by atoms with Crippen LogP contribution in [0.3, 0.4) is 0 Å². The van der Waals surface area contributed by atoms with Crippen molar-refractivity contribution in [2.75, 3.05) is 46.0 Å². The van der Waals surface area contributed by atoms with Crippen molar-refractivity contribution in [1.29, 1.82) is 0 Å². The molecule has 0 unspecified atom stereocenters. The highest BCUT2D eigenvalue weighted by atomic mass is 32.2. The van der Waals surface area contributed by atoms with Gasteiger partial charge < -0.3 is 15.5 Å². The Morgan fingerprint density at radius 1 is 1.23 bits per heavy atom. The number of nitrogens with one attached hydrogen (secondary N) is 2. The summed E-state index contributed by atoms with van der Waals surface area (Å²) in [7, 11) is 3.89. The number of halogens is 1. The molecule has 0 aliphatic heterocycles. The van der Waals surface area contributed by atoms with E-state index in [4.69, 9.17) is 0 Å². The van der Waals surface area contributed by atoms with Crippen LogP contribution in [0.5, 0.6) is 0 Å². The predicted molar refractivity (Wildman–Crippen MR) is 94.3 cm³/mol. The number of aliphatic imine (C=N–C) groups is 1. The first kappa shape index (κ1) is 18.8. The number of hydrogen-bond acceptors (Lipinski definition) is 3. The minimum atomic E-state index is -0.186. The van der Waals surface area contributed by atoms with E-state index in [2.05, 4.69) is 34.5 Å². The van der Waals surface area contributed by atoms with Crippen LogP contribution < -0.4 is 10.6 Å². The smallest absolute Gasteiger partial charge is 0.191 e.